The zero-order chi connectivity index (χ0) is 51.9. The molecule has 0 spiro atoms. The highest BCUT2D eigenvalue weighted by Crippen LogP contribution is 2.43. The summed E-state index contributed by atoms with van der Waals surface area (Å²) in [4.78, 5) is 72.7. The van der Waals surface area contributed by atoms with Crippen molar-refractivity contribution in [2.24, 2.45) is 0 Å². The summed E-state index contributed by atoms with van der Waals surface area (Å²) in [6, 6.07) is 33.7. The van der Waals surface area contributed by atoms with Crippen LogP contribution in [0.15, 0.2) is 158 Å². The molecule has 13 rings (SSSR count). The van der Waals surface area contributed by atoms with Gasteiger partial charge >= 0.3 is 22.5 Å². The summed E-state index contributed by atoms with van der Waals surface area (Å²) < 4.78 is 45.8. The minimum atomic E-state index is -0.611. The molecule has 0 fully saturated rings. The van der Waals surface area contributed by atoms with Crippen LogP contribution in [0.1, 0.15) is 22.8 Å². The van der Waals surface area contributed by atoms with Crippen LogP contribution in [-0.2, 0) is 0 Å². The number of methoxy groups -OCH3 is 4. The van der Waals surface area contributed by atoms with Gasteiger partial charge in [-0.1, -0.05) is 0 Å². The Morgan fingerprint density at radius 1 is 0.329 bits per heavy atom. The van der Waals surface area contributed by atoms with Crippen LogP contribution in [0.4, 0.5) is 0 Å². The zero-order valence-corrected chi connectivity index (χ0v) is 40.6. The maximum Gasteiger partial charge on any atom is 0.336 e. The van der Waals surface area contributed by atoms with Gasteiger partial charge in [-0.25, -0.2) is 29.1 Å². The van der Waals surface area contributed by atoms with E-state index in [2.05, 4.69) is 9.97 Å². The van der Waals surface area contributed by atoms with Crippen molar-refractivity contribution in [3.8, 4) is 67.5 Å². The topological polar surface area (TPSA) is 215 Å². The molecule has 2 aliphatic rings. The smallest absolute Gasteiger partial charge is 0.336 e. The fourth-order valence-corrected chi connectivity index (χ4v) is 10.2. The molecule has 16 heteroatoms. The minimum Gasteiger partial charge on any atom is -0.497 e. The third-order valence-electron chi connectivity index (χ3n) is 13.6. The van der Waals surface area contributed by atoms with E-state index in [1.165, 1.54) is 24.3 Å². The molecule has 0 radical (unpaired) electrons. The van der Waals surface area contributed by atoms with Gasteiger partial charge in [0, 0.05) is 112 Å². The SMILES string of the molecule is COc1ccc2oc(=O)cc(-c3c4nc(c(-c5cc(=O)oc6ccc(OC)cc56)c5ccc([nH]5)c(-c5cc(=O)oc6ccc(OC)cc56)c5nc(c(-c6cc(=O)oc7ccc(OC)cc67)c6ccc3[nH]6)C=C5)C=C4)c2c1. The highest BCUT2D eigenvalue weighted by Gasteiger charge is 2.24. The highest BCUT2D eigenvalue weighted by atomic mass is 16.5. The van der Waals surface area contributed by atoms with Gasteiger partial charge in [-0.3, -0.25) is 0 Å². The van der Waals surface area contributed by atoms with Crippen LogP contribution in [0.3, 0.4) is 0 Å². The van der Waals surface area contributed by atoms with Crippen LogP contribution in [0.5, 0.6) is 23.0 Å². The summed E-state index contributed by atoms with van der Waals surface area (Å²) in [5.41, 5.74) is 6.35. The Bertz CT molecular complexity index is 4220. The summed E-state index contributed by atoms with van der Waals surface area (Å²) in [5, 5.41) is 2.20. The molecule has 16 nitrogen and oxygen atoms in total. The summed E-state index contributed by atoms with van der Waals surface area (Å²) in [5.74, 6) is 2.06. The van der Waals surface area contributed by atoms with Crippen LogP contribution >= 0.6 is 0 Å². The van der Waals surface area contributed by atoms with Crippen molar-refractivity contribution in [3.05, 3.63) is 186 Å². The standard InChI is InChI=1S/C60H38N4O12/c1-69-29-5-17-49-33(21-29)37(25-53(65)73-49)57-41-9-11-43(61-41)58(38-26-54(66)74-50-18-6-30(70-2)22-34(38)50)45-13-15-47(63-45)60(40-28-56(68)76-52-20-8-32(72-4)24-36(40)52)48-16-14-46(64-48)59(44-12-10-42(57)62-44)39-27-55(67)75-51-19-7-31(71-3)23-35(39)51/h5-28,61,64H,1-4H3. The number of rotatable bonds is 8. The second-order valence-electron chi connectivity index (χ2n) is 17.9. The minimum absolute atomic E-state index is 0.302. The monoisotopic (exact) mass is 1010 g/mol. The molecule has 2 N–H and O–H groups in total. The Morgan fingerprint density at radius 3 is 0.789 bits per heavy atom. The van der Waals surface area contributed by atoms with E-state index in [4.69, 9.17) is 46.6 Å². The first-order chi connectivity index (χ1) is 37.0. The molecule has 76 heavy (non-hydrogen) atoms. The number of nitrogens with one attached hydrogen (secondary N) is 2. The molecule has 4 aromatic carbocycles. The molecule has 8 bridgehead atoms. The van der Waals surface area contributed by atoms with E-state index in [1.54, 1.807) is 101 Å². The number of aromatic nitrogens is 4. The Labute approximate surface area is 427 Å². The van der Waals surface area contributed by atoms with E-state index < -0.39 is 22.5 Å². The van der Waals surface area contributed by atoms with Gasteiger partial charge in [0.25, 0.3) is 0 Å². The number of benzene rings is 4. The fourth-order valence-electron chi connectivity index (χ4n) is 10.2. The lowest BCUT2D eigenvalue weighted by atomic mass is 10.00. The quantitative estimate of drug-likeness (QED) is 0.135. The number of hydrogen-bond acceptors (Lipinski definition) is 14. The van der Waals surface area contributed by atoms with E-state index in [0.717, 1.165) is 0 Å². The van der Waals surface area contributed by atoms with Crippen LogP contribution < -0.4 is 41.4 Å². The van der Waals surface area contributed by atoms with E-state index in [0.29, 0.717) is 156 Å². The number of hydrogen-bond donors (Lipinski definition) is 2. The summed E-state index contributed by atoms with van der Waals surface area (Å²) >= 11 is 0. The van der Waals surface area contributed by atoms with Gasteiger partial charge in [0.1, 0.15) is 45.3 Å². The van der Waals surface area contributed by atoms with Crippen molar-refractivity contribution >= 4 is 90.2 Å². The number of ether oxygens (including phenoxy) is 4. The van der Waals surface area contributed by atoms with Crippen LogP contribution in [0, 0.1) is 0 Å². The van der Waals surface area contributed by atoms with Gasteiger partial charge in [0.2, 0.25) is 0 Å². The Morgan fingerprint density at radius 2 is 0.566 bits per heavy atom. The molecule has 11 aromatic rings. The lowest BCUT2D eigenvalue weighted by Gasteiger charge is -2.11. The molecule has 370 valence electrons. The molecular formula is C60H38N4O12. The molecule has 0 amide bonds. The molecule has 0 saturated carbocycles. The van der Waals surface area contributed by atoms with Crippen LogP contribution in [-0.4, -0.2) is 48.4 Å². The van der Waals surface area contributed by atoms with Crippen molar-refractivity contribution in [3.63, 3.8) is 0 Å². The van der Waals surface area contributed by atoms with Gasteiger partial charge in [0.15, 0.2) is 0 Å². The summed E-state index contributed by atoms with van der Waals surface area (Å²) in [7, 11) is 6.20. The van der Waals surface area contributed by atoms with Gasteiger partial charge in [-0.2, -0.15) is 0 Å². The normalized spacial score (nSPS) is 12.1. The average molecular weight is 1010 g/mol. The summed E-state index contributed by atoms with van der Waals surface area (Å²) in [6.45, 7) is 0. The predicted molar refractivity (Wildman–Crippen MR) is 291 cm³/mol. The number of H-pyrrole nitrogens is 2. The Hall–Kier alpha value is -10.5. The number of fused-ring (bicyclic) bond motifs is 12. The molecule has 0 unspecified atom stereocenters. The van der Waals surface area contributed by atoms with Gasteiger partial charge < -0.3 is 46.6 Å². The Kier molecular flexibility index (Phi) is 10.5. The fraction of sp³-hybridized carbons (Fsp3) is 0.0667. The second kappa shape index (κ2) is 17.6. The Balaban J connectivity index is 1.27. The lowest BCUT2D eigenvalue weighted by Crippen LogP contribution is -2.01. The van der Waals surface area contributed by atoms with E-state index >= 15 is 0 Å². The lowest BCUT2D eigenvalue weighted by molar-refractivity contribution is 0.415. The van der Waals surface area contributed by atoms with Crippen molar-refractivity contribution < 1.29 is 36.6 Å². The maximum absolute atomic E-state index is 13.6. The zero-order valence-electron chi connectivity index (χ0n) is 40.6. The van der Waals surface area contributed by atoms with Gasteiger partial charge in [-0.05, 0) is 121 Å². The third-order valence-corrected chi connectivity index (χ3v) is 13.6. The summed E-state index contributed by atoms with van der Waals surface area (Å²) in [6.07, 6.45) is 7.33. The predicted octanol–water partition coefficient (Wildman–Crippen LogP) is 11.8. The van der Waals surface area contributed by atoms with E-state index in [9.17, 15) is 19.2 Å². The largest absolute Gasteiger partial charge is 0.497 e. The molecular weight excluding hydrogens is 969 g/mol. The van der Waals surface area contributed by atoms with E-state index in [1.807, 2.05) is 48.6 Å². The molecule has 0 atom stereocenters. The highest BCUT2D eigenvalue weighted by molar-refractivity contribution is 6.09. The van der Waals surface area contributed by atoms with Crippen molar-refractivity contribution in [1.29, 1.82) is 0 Å². The number of nitrogens with zero attached hydrogens (tertiary/aromatic N) is 2. The molecule has 7 aromatic heterocycles. The van der Waals surface area contributed by atoms with Crippen molar-refractivity contribution in [1.82, 2.24) is 19.9 Å². The molecule has 9 heterocycles. The molecule has 0 saturated heterocycles. The molecule has 2 aliphatic heterocycles. The van der Waals surface area contributed by atoms with Gasteiger partial charge in [-0.15, -0.1) is 0 Å². The van der Waals surface area contributed by atoms with Crippen LogP contribution in [0.2, 0.25) is 0 Å². The van der Waals surface area contributed by atoms with Crippen molar-refractivity contribution in [2.45, 2.75) is 0 Å². The van der Waals surface area contributed by atoms with Crippen LogP contribution in [0.25, 0.3) is 135 Å². The van der Waals surface area contributed by atoms with Crippen molar-refractivity contribution in [2.75, 3.05) is 28.4 Å². The average Bonchev–Trinajstić information content (AvgIpc) is 4.38. The molecule has 0 aliphatic carbocycles. The van der Waals surface area contributed by atoms with E-state index in [-0.39, 0.29) is 0 Å². The third kappa shape index (κ3) is 7.54. The first kappa shape index (κ1) is 45.4. The first-order valence-corrected chi connectivity index (χ1v) is 23.7. The second-order valence-corrected chi connectivity index (χ2v) is 17.9. The van der Waals surface area contributed by atoms with Gasteiger partial charge in [0.05, 0.1) is 51.2 Å². The maximum atomic E-state index is 13.6. The first-order valence-electron chi connectivity index (χ1n) is 23.7. The number of aromatic amines is 2.